The van der Waals surface area contributed by atoms with Crippen LogP contribution >= 0.6 is 0 Å². The molecule has 32 heavy (non-hydrogen) atoms. The summed E-state index contributed by atoms with van der Waals surface area (Å²) in [4.78, 5) is 25.1. The van der Waals surface area contributed by atoms with Crippen molar-refractivity contribution in [2.24, 2.45) is 0 Å². The Morgan fingerprint density at radius 2 is 2.03 bits per heavy atom. The van der Waals surface area contributed by atoms with Gasteiger partial charge in [0.15, 0.2) is 0 Å². The minimum absolute atomic E-state index is 0.00278. The normalized spacial score (nSPS) is 15.8. The standard InChI is InChI=1S/C24H23FN4O3/c1-15-2-3-17(21-8-9-29(28-21)10-11-30)12-22(15)27-24(32)20-14-26-23(31)13-19(20)16-4-6-18(25)7-5-16/h2-9,12,14,19,30H,10-11,13H2,1H3,(H,26,31)(H,27,32). The van der Waals surface area contributed by atoms with Gasteiger partial charge in [-0.1, -0.05) is 24.3 Å². The van der Waals surface area contributed by atoms with Gasteiger partial charge in [-0.15, -0.1) is 0 Å². The Morgan fingerprint density at radius 3 is 2.78 bits per heavy atom. The molecule has 0 saturated carbocycles. The highest BCUT2D eigenvalue weighted by molar-refractivity contribution is 6.07. The molecule has 7 nitrogen and oxygen atoms in total. The number of nitrogens with one attached hydrogen (secondary N) is 2. The summed E-state index contributed by atoms with van der Waals surface area (Å²) < 4.78 is 15.0. The van der Waals surface area contributed by atoms with E-state index in [1.165, 1.54) is 18.3 Å². The zero-order valence-electron chi connectivity index (χ0n) is 17.5. The molecule has 1 aliphatic rings. The number of halogens is 1. The quantitative estimate of drug-likeness (QED) is 0.555. The number of carbonyl (C=O) groups is 2. The molecule has 0 aliphatic carbocycles. The molecular formula is C24H23FN4O3. The number of benzene rings is 2. The van der Waals surface area contributed by atoms with Gasteiger partial charge in [0.05, 0.1) is 18.8 Å². The lowest BCUT2D eigenvalue weighted by Crippen LogP contribution is -2.32. The summed E-state index contributed by atoms with van der Waals surface area (Å²) in [7, 11) is 0. The first-order chi connectivity index (χ1) is 15.4. The van der Waals surface area contributed by atoms with Crippen LogP contribution in [-0.2, 0) is 16.1 Å². The third kappa shape index (κ3) is 4.60. The highest BCUT2D eigenvalue weighted by Gasteiger charge is 2.29. The third-order valence-electron chi connectivity index (χ3n) is 5.44. The predicted octanol–water partition coefficient (Wildman–Crippen LogP) is 3.12. The van der Waals surface area contributed by atoms with Crippen LogP contribution in [0.2, 0.25) is 0 Å². The van der Waals surface area contributed by atoms with Gasteiger partial charge in [0, 0.05) is 41.6 Å². The van der Waals surface area contributed by atoms with E-state index in [1.807, 2.05) is 31.2 Å². The fourth-order valence-electron chi connectivity index (χ4n) is 3.68. The Kier molecular flexibility index (Phi) is 6.13. The molecule has 0 bridgehead atoms. The van der Waals surface area contributed by atoms with Crippen molar-refractivity contribution in [2.45, 2.75) is 25.8 Å². The summed E-state index contributed by atoms with van der Waals surface area (Å²) in [6, 6.07) is 13.3. The number of aliphatic hydroxyl groups is 1. The van der Waals surface area contributed by atoms with Crippen molar-refractivity contribution in [3.05, 3.63) is 83.4 Å². The van der Waals surface area contributed by atoms with Crippen LogP contribution in [0.4, 0.5) is 10.1 Å². The number of nitrogens with zero attached hydrogens (tertiary/aromatic N) is 2. The Hall–Kier alpha value is -3.78. The monoisotopic (exact) mass is 434 g/mol. The maximum absolute atomic E-state index is 13.3. The predicted molar refractivity (Wildman–Crippen MR) is 118 cm³/mol. The van der Waals surface area contributed by atoms with Crippen LogP contribution in [0.25, 0.3) is 11.3 Å². The van der Waals surface area contributed by atoms with Crippen molar-refractivity contribution in [1.82, 2.24) is 15.1 Å². The van der Waals surface area contributed by atoms with E-state index in [4.69, 9.17) is 5.11 Å². The summed E-state index contributed by atoms with van der Waals surface area (Å²) in [6.45, 7) is 2.29. The molecule has 0 radical (unpaired) electrons. The molecule has 0 spiro atoms. The molecule has 0 fully saturated rings. The fraction of sp³-hybridized carbons (Fsp3) is 0.208. The molecular weight excluding hydrogens is 411 g/mol. The lowest BCUT2D eigenvalue weighted by Gasteiger charge is -2.24. The van der Waals surface area contributed by atoms with E-state index in [9.17, 15) is 14.0 Å². The highest BCUT2D eigenvalue weighted by atomic mass is 19.1. The lowest BCUT2D eigenvalue weighted by molar-refractivity contribution is -0.121. The van der Waals surface area contributed by atoms with Crippen LogP contribution in [0, 0.1) is 12.7 Å². The summed E-state index contributed by atoms with van der Waals surface area (Å²) in [5.41, 5.74) is 4.14. The van der Waals surface area contributed by atoms with Crippen molar-refractivity contribution >= 4 is 17.5 Å². The SMILES string of the molecule is Cc1ccc(-c2ccn(CCO)n2)cc1NC(=O)C1=CNC(=O)CC1c1ccc(F)cc1. The largest absolute Gasteiger partial charge is 0.394 e. The van der Waals surface area contributed by atoms with E-state index in [-0.39, 0.29) is 30.7 Å². The molecule has 1 aromatic heterocycles. The van der Waals surface area contributed by atoms with Crippen LogP contribution < -0.4 is 10.6 Å². The molecule has 3 N–H and O–H groups in total. The van der Waals surface area contributed by atoms with E-state index in [2.05, 4.69) is 15.7 Å². The molecule has 1 atom stereocenters. The van der Waals surface area contributed by atoms with Crippen molar-refractivity contribution in [1.29, 1.82) is 0 Å². The highest BCUT2D eigenvalue weighted by Crippen LogP contribution is 2.32. The smallest absolute Gasteiger partial charge is 0.253 e. The van der Waals surface area contributed by atoms with Gasteiger partial charge in [-0.05, 0) is 42.3 Å². The zero-order chi connectivity index (χ0) is 22.7. The molecule has 8 heteroatoms. The molecule has 4 rings (SSSR count). The number of aliphatic hydroxyl groups excluding tert-OH is 1. The maximum Gasteiger partial charge on any atom is 0.253 e. The molecule has 1 aliphatic heterocycles. The van der Waals surface area contributed by atoms with Gasteiger partial charge in [0.2, 0.25) is 5.91 Å². The van der Waals surface area contributed by atoms with E-state index >= 15 is 0 Å². The minimum atomic E-state index is -0.470. The summed E-state index contributed by atoms with van der Waals surface area (Å²) in [5, 5.41) is 19.1. The van der Waals surface area contributed by atoms with Crippen molar-refractivity contribution < 1.29 is 19.1 Å². The molecule has 2 aromatic carbocycles. The van der Waals surface area contributed by atoms with Crippen molar-refractivity contribution in [3.63, 3.8) is 0 Å². The Balaban J connectivity index is 1.59. The maximum atomic E-state index is 13.3. The molecule has 2 heterocycles. The van der Waals surface area contributed by atoms with Gasteiger partial charge < -0.3 is 15.7 Å². The topological polar surface area (TPSA) is 96.2 Å². The van der Waals surface area contributed by atoms with Crippen LogP contribution in [-0.4, -0.2) is 33.3 Å². The summed E-state index contributed by atoms with van der Waals surface area (Å²) >= 11 is 0. The average Bonchev–Trinajstić information content (AvgIpc) is 3.24. The van der Waals surface area contributed by atoms with Crippen LogP contribution in [0.5, 0.6) is 0 Å². The third-order valence-corrected chi connectivity index (χ3v) is 5.44. The number of anilines is 1. The first-order valence-corrected chi connectivity index (χ1v) is 10.3. The molecule has 2 amide bonds. The second kappa shape index (κ2) is 9.15. The zero-order valence-corrected chi connectivity index (χ0v) is 17.5. The average molecular weight is 434 g/mol. The lowest BCUT2D eigenvalue weighted by atomic mass is 9.86. The second-order valence-corrected chi connectivity index (χ2v) is 7.65. The van der Waals surface area contributed by atoms with Gasteiger partial charge in [0.1, 0.15) is 5.82 Å². The van der Waals surface area contributed by atoms with Crippen LogP contribution in [0.3, 0.4) is 0 Å². The van der Waals surface area contributed by atoms with Crippen LogP contribution in [0.1, 0.15) is 23.5 Å². The number of carbonyl (C=O) groups excluding carboxylic acids is 2. The summed E-state index contributed by atoms with van der Waals surface area (Å²) in [6.07, 6.45) is 3.31. The Bertz CT molecular complexity index is 1180. The van der Waals surface area contributed by atoms with Gasteiger partial charge in [-0.2, -0.15) is 5.10 Å². The fourth-order valence-corrected chi connectivity index (χ4v) is 3.68. The van der Waals surface area contributed by atoms with Crippen molar-refractivity contribution in [3.8, 4) is 11.3 Å². The number of aryl methyl sites for hydroxylation is 1. The number of hydrogen-bond donors (Lipinski definition) is 3. The van der Waals surface area contributed by atoms with E-state index in [1.54, 1.807) is 23.0 Å². The molecule has 3 aromatic rings. The van der Waals surface area contributed by atoms with E-state index < -0.39 is 5.92 Å². The van der Waals surface area contributed by atoms with Gasteiger partial charge in [0.25, 0.3) is 5.91 Å². The molecule has 0 saturated heterocycles. The van der Waals surface area contributed by atoms with Gasteiger partial charge in [-0.25, -0.2) is 4.39 Å². The Labute approximate surface area is 184 Å². The number of hydrogen-bond acceptors (Lipinski definition) is 4. The number of aromatic nitrogens is 2. The Morgan fingerprint density at radius 1 is 1.25 bits per heavy atom. The summed E-state index contributed by atoms with van der Waals surface area (Å²) in [5.74, 6) is -1.39. The van der Waals surface area contributed by atoms with E-state index in [0.717, 1.165) is 16.8 Å². The first kappa shape index (κ1) is 21.5. The second-order valence-electron chi connectivity index (χ2n) is 7.65. The van der Waals surface area contributed by atoms with Gasteiger partial charge in [-0.3, -0.25) is 14.3 Å². The molecule has 164 valence electrons. The van der Waals surface area contributed by atoms with Crippen LogP contribution in [0.15, 0.2) is 66.5 Å². The van der Waals surface area contributed by atoms with E-state index in [0.29, 0.717) is 23.4 Å². The van der Waals surface area contributed by atoms with Gasteiger partial charge >= 0.3 is 0 Å². The number of amides is 2. The minimum Gasteiger partial charge on any atom is -0.394 e. The first-order valence-electron chi connectivity index (χ1n) is 10.3. The van der Waals surface area contributed by atoms with Crippen molar-refractivity contribution in [2.75, 3.05) is 11.9 Å². The number of rotatable bonds is 6. The molecule has 1 unspecified atom stereocenters.